The first kappa shape index (κ1) is 14.5. The fraction of sp³-hybridized carbons (Fsp3) is 0.500. The van der Waals surface area contributed by atoms with E-state index in [-0.39, 0.29) is 12.6 Å². The maximum Gasteiger partial charge on any atom is 0.315 e. The molecule has 0 aliphatic rings. The van der Waals surface area contributed by atoms with E-state index in [1.165, 1.54) is 0 Å². The Morgan fingerprint density at radius 2 is 2.00 bits per heavy atom. The fourth-order valence-corrected chi connectivity index (χ4v) is 1.58. The van der Waals surface area contributed by atoms with Crippen LogP contribution in [0.5, 0.6) is 0 Å². The Kier molecular flexibility index (Phi) is 6.87. The van der Waals surface area contributed by atoms with Crippen molar-refractivity contribution in [2.75, 3.05) is 13.2 Å². The summed E-state index contributed by atoms with van der Waals surface area (Å²) < 4.78 is 0. The second-order valence-corrected chi connectivity index (χ2v) is 4.53. The van der Waals surface area contributed by atoms with Crippen molar-refractivity contribution in [2.24, 2.45) is 5.92 Å². The smallest absolute Gasteiger partial charge is 0.315 e. The van der Waals surface area contributed by atoms with Gasteiger partial charge in [-0.25, -0.2) is 4.79 Å². The highest BCUT2D eigenvalue weighted by atomic mass is 16.3. The average molecular weight is 250 g/mol. The van der Waals surface area contributed by atoms with Crippen LogP contribution in [0.4, 0.5) is 4.79 Å². The highest BCUT2D eigenvalue weighted by Gasteiger charge is 2.02. The SMILES string of the molecule is CC(CO)CCCNC(=O)NCc1ccccc1. The Morgan fingerprint density at radius 1 is 1.28 bits per heavy atom. The molecule has 0 aliphatic heterocycles. The number of aliphatic hydroxyl groups excluding tert-OH is 1. The molecule has 1 rings (SSSR count). The number of carbonyl (C=O) groups excluding carboxylic acids is 1. The third-order valence-electron chi connectivity index (χ3n) is 2.77. The van der Waals surface area contributed by atoms with Crippen LogP contribution < -0.4 is 10.6 Å². The van der Waals surface area contributed by atoms with Crippen LogP contribution in [0.2, 0.25) is 0 Å². The van der Waals surface area contributed by atoms with Gasteiger partial charge in [0.25, 0.3) is 0 Å². The van der Waals surface area contributed by atoms with E-state index in [9.17, 15) is 4.79 Å². The number of benzene rings is 1. The summed E-state index contributed by atoms with van der Waals surface area (Å²) in [6, 6.07) is 9.66. The van der Waals surface area contributed by atoms with Crippen molar-refractivity contribution in [3.63, 3.8) is 0 Å². The maximum atomic E-state index is 11.5. The molecule has 1 aromatic rings. The van der Waals surface area contributed by atoms with Gasteiger partial charge in [0, 0.05) is 19.7 Å². The first-order valence-electron chi connectivity index (χ1n) is 6.39. The van der Waals surface area contributed by atoms with Gasteiger partial charge < -0.3 is 15.7 Å². The van der Waals surface area contributed by atoms with Gasteiger partial charge >= 0.3 is 6.03 Å². The highest BCUT2D eigenvalue weighted by molar-refractivity contribution is 5.73. The number of rotatable bonds is 7. The summed E-state index contributed by atoms with van der Waals surface area (Å²) in [5, 5.41) is 14.5. The van der Waals surface area contributed by atoms with Gasteiger partial charge in [-0.3, -0.25) is 0 Å². The van der Waals surface area contributed by atoms with Crippen molar-refractivity contribution in [1.82, 2.24) is 10.6 Å². The van der Waals surface area contributed by atoms with Crippen LogP contribution in [0.1, 0.15) is 25.3 Å². The molecule has 4 nitrogen and oxygen atoms in total. The van der Waals surface area contributed by atoms with Gasteiger partial charge in [0.05, 0.1) is 0 Å². The zero-order chi connectivity index (χ0) is 13.2. The average Bonchev–Trinajstić information content (AvgIpc) is 2.42. The molecule has 100 valence electrons. The summed E-state index contributed by atoms with van der Waals surface area (Å²) in [6.07, 6.45) is 1.82. The van der Waals surface area contributed by atoms with Gasteiger partial charge in [0.2, 0.25) is 0 Å². The van der Waals surface area contributed by atoms with E-state index in [0.29, 0.717) is 19.0 Å². The van der Waals surface area contributed by atoms with Crippen molar-refractivity contribution in [2.45, 2.75) is 26.3 Å². The van der Waals surface area contributed by atoms with Crippen LogP contribution in [0, 0.1) is 5.92 Å². The second kappa shape index (κ2) is 8.53. The molecule has 2 amide bonds. The standard InChI is InChI=1S/C14H22N2O2/c1-12(11-17)6-5-9-15-14(18)16-10-13-7-3-2-4-8-13/h2-4,7-8,12,17H,5-6,9-11H2,1H3,(H2,15,16,18). The van der Waals surface area contributed by atoms with Crippen LogP contribution >= 0.6 is 0 Å². The number of hydrogen-bond donors (Lipinski definition) is 3. The first-order chi connectivity index (χ1) is 8.72. The Morgan fingerprint density at radius 3 is 2.67 bits per heavy atom. The molecule has 18 heavy (non-hydrogen) atoms. The minimum Gasteiger partial charge on any atom is -0.396 e. The Labute approximate surface area is 108 Å². The molecule has 1 aromatic carbocycles. The molecule has 0 spiro atoms. The van der Waals surface area contributed by atoms with Crippen molar-refractivity contribution in [3.8, 4) is 0 Å². The molecule has 0 radical (unpaired) electrons. The molecule has 1 unspecified atom stereocenters. The van der Waals surface area contributed by atoms with Gasteiger partial charge in [-0.05, 0) is 24.3 Å². The lowest BCUT2D eigenvalue weighted by atomic mass is 10.1. The molecule has 0 bridgehead atoms. The predicted octanol–water partition coefficient (Wildman–Crippen LogP) is 1.89. The third kappa shape index (κ3) is 6.25. The number of hydrogen-bond acceptors (Lipinski definition) is 2. The molecule has 0 aromatic heterocycles. The predicted molar refractivity (Wildman–Crippen MR) is 72.2 cm³/mol. The molecule has 0 saturated carbocycles. The zero-order valence-corrected chi connectivity index (χ0v) is 10.9. The lowest BCUT2D eigenvalue weighted by Crippen LogP contribution is -2.35. The van der Waals surface area contributed by atoms with Gasteiger partial charge in [-0.2, -0.15) is 0 Å². The van der Waals surface area contributed by atoms with Crippen molar-refractivity contribution in [3.05, 3.63) is 35.9 Å². The minimum atomic E-state index is -0.143. The van der Waals surface area contributed by atoms with E-state index >= 15 is 0 Å². The molecule has 0 aliphatic carbocycles. The van der Waals surface area contributed by atoms with Gasteiger partial charge in [-0.15, -0.1) is 0 Å². The summed E-state index contributed by atoms with van der Waals surface area (Å²) in [4.78, 5) is 11.5. The minimum absolute atomic E-state index is 0.143. The maximum absolute atomic E-state index is 11.5. The van der Waals surface area contributed by atoms with E-state index in [4.69, 9.17) is 5.11 Å². The van der Waals surface area contributed by atoms with E-state index in [1.807, 2.05) is 37.3 Å². The quantitative estimate of drug-likeness (QED) is 0.647. The summed E-state index contributed by atoms with van der Waals surface area (Å²) in [5.41, 5.74) is 1.08. The summed E-state index contributed by atoms with van der Waals surface area (Å²) >= 11 is 0. The lowest BCUT2D eigenvalue weighted by molar-refractivity contribution is 0.226. The lowest BCUT2D eigenvalue weighted by Gasteiger charge is -2.09. The zero-order valence-electron chi connectivity index (χ0n) is 10.9. The third-order valence-corrected chi connectivity index (χ3v) is 2.77. The molecule has 1 atom stereocenters. The Hall–Kier alpha value is -1.55. The normalized spacial score (nSPS) is 11.9. The highest BCUT2D eigenvalue weighted by Crippen LogP contribution is 2.02. The van der Waals surface area contributed by atoms with Crippen LogP contribution in [0.15, 0.2) is 30.3 Å². The van der Waals surface area contributed by atoms with Crippen LogP contribution in [-0.4, -0.2) is 24.3 Å². The molecule has 3 N–H and O–H groups in total. The first-order valence-corrected chi connectivity index (χ1v) is 6.39. The van der Waals surface area contributed by atoms with E-state index in [1.54, 1.807) is 0 Å². The molecule has 0 saturated heterocycles. The number of amides is 2. The van der Waals surface area contributed by atoms with Crippen LogP contribution in [0.3, 0.4) is 0 Å². The molecule has 0 heterocycles. The topological polar surface area (TPSA) is 61.4 Å². The molecule has 4 heteroatoms. The molecular formula is C14H22N2O2. The number of nitrogens with one attached hydrogen (secondary N) is 2. The largest absolute Gasteiger partial charge is 0.396 e. The van der Waals surface area contributed by atoms with E-state index in [2.05, 4.69) is 10.6 Å². The van der Waals surface area contributed by atoms with E-state index < -0.39 is 0 Å². The number of carbonyl (C=O) groups is 1. The van der Waals surface area contributed by atoms with Gasteiger partial charge in [0.15, 0.2) is 0 Å². The van der Waals surface area contributed by atoms with Crippen molar-refractivity contribution >= 4 is 6.03 Å². The second-order valence-electron chi connectivity index (χ2n) is 4.53. The van der Waals surface area contributed by atoms with Crippen LogP contribution in [0.25, 0.3) is 0 Å². The Balaban J connectivity index is 2.07. The molecular weight excluding hydrogens is 228 g/mol. The number of urea groups is 1. The summed E-state index contributed by atoms with van der Waals surface area (Å²) in [7, 11) is 0. The Bertz CT molecular complexity index is 341. The van der Waals surface area contributed by atoms with Gasteiger partial charge in [0.1, 0.15) is 0 Å². The summed E-state index contributed by atoms with van der Waals surface area (Å²) in [6.45, 7) is 3.39. The van der Waals surface area contributed by atoms with Crippen molar-refractivity contribution in [1.29, 1.82) is 0 Å². The van der Waals surface area contributed by atoms with Crippen LogP contribution in [-0.2, 0) is 6.54 Å². The summed E-state index contributed by atoms with van der Waals surface area (Å²) in [5.74, 6) is 0.305. The fourth-order valence-electron chi connectivity index (χ4n) is 1.58. The van der Waals surface area contributed by atoms with Gasteiger partial charge in [-0.1, -0.05) is 37.3 Å². The molecule has 0 fully saturated rings. The monoisotopic (exact) mass is 250 g/mol. The number of aliphatic hydroxyl groups is 1. The van der Waals surface area contributed by atoms with E-state index in [0.717, 1.165) is 18.4 Å². The van der Waals surface area contributed by atoms with Crippen molar-refractivity contribution < 1.29 is 9.90 Å².